The second-order valence-electron chi connectivity index (χ2n) is 7.11. The molecule has 138 valence electrons. The lowest BCUT2D eigenvalue weighted by molar-refractivity contribution is -0.121. The third kappa shape index (κ3) is 7.29. The molecule has 0 atom stereocenters. The minimum Gasteiger partial charge on any atom is -0.352 e. The van der Waals surface area contributed by atoms with E-state index in [1.54, 1.807) is 0 Å². The first-order valence-corrected chi connectivity index (χ1v) is 9.85. The molecule has 1 aliphatic carbocycles. The summed E-state index contributed by atoms with van der Waals surface area (Å²) in [5, 5.41) is 5.99. The Morgan fingerprint density at radius 3 is 2.60 bits per heavy atom. The molecule has 0 aromatic heterocycles. The summed E-state index contributed by atoms with van der Waals surface area (Å²) in [5.41, 5.74) is 1.84. The number of carbonyl (C=O) groups is 2. The summed E-state index contributed by atoms with van der Waals surface area (Å²) in [6.07, 6.45) is 10.7. The minimum absolute atomic E-state index is 0.108. The standard InChI is InChI=1S/C21H32N2O2/c1-2-3-4-5-6-14-20(24)22-16-17-10-9-13-19(15-17)23-21(25)18-11-7-8-12-18/h9-10,13,15,18H,2-8,11-12,14,16H2,1H3,(H,22,24)(H,23,25). The van der Waals surface area contributed by atoms with Crippen LogP contribution in [0, 0.1) is 5.92 Å². The fraction of sp³-hybridized carbons (Fsp3) is 0.619. The molecular weight excluding hydrogens is 312 g/mol. The van der Waals surface area contributed by atoms with Crippen molar-refractivity contribution < 1.29 is 9.59 Å². The van der Waals surface area contributed by atoms with E-state index in [0.717, 1.165) is 49.8 Å². The van der Waals surface area contributed by atoms with Crippen molar-refractivity contribution in [3.05, 3.63) is 29.8 Å². The van der Waals surface area contributed by atoms with Crippen molar-refractivity contribution in [2.75, 3.05) is 5.32 Å². The van der Waals surface area contributed by atoms with Gasteiger partial charge in [0.25, 0.3) is 0 Å². The maximum absolute atomic E-state index is 12.2. The van der Waals surface area contributed by atoms with Crippen LogP contribution in [0.4, 0.5) is 5.69 Å². The van der Waals surface area contributed by atoms with E-state index in [9.17, 15) is 9.59 Å². The first-order chi connectivity index (χ1) is 12.2. The van der Waals surface area contributed by atoms with Gasteiger partial charge in [-0.05, 0) is 37.0 Å². The number of unbranched alkanes of at least 4 members (excludes halogenated alkanes) is 4. The van der Waals surface area contributed by atoms with E-state index < -0.39 is 0 Å². The van der Waals surface area contributed by atoms with Crippen LogP contribution in [0.3, 0.4) is 0 Å². The quantitative estimate of drug-likeness (QED) is 0.599. The third-order valence-electron chi connectivity index (χ3n) is 4.92. The van der Waals surface area contributed by atoms with Crippen molar-refractivity contribution in [1.82, 2.24) is 5.32 Å². The van der Waals surface area contributed by atoms with Gasteiger partial charge in [0.05, 0.1) is 0 Å². The zero-order valence-electron chi connectivity index (χ0n) is 15.5. The monoisotopic (exact) mass is 344 g/mol. The molecule has 4 heteroatoms. The molecule has 2 amide bonds. The lowest BCUT2D eigenvalue weighted by Gasteiger charge is -2.12. The second-order valence-corrected chi connectivity index (χ2v) is 7.11. The van der Waals surface area contributed by atoms with E-state index in [1.165, 1.54) is 19.3 Å². The first-order valence-electron chi connectivity index (χ1n) is 9.85. The lowest BCUT2D eigenvalue weighted by Crippen LogP contribution is -2.23. The van der Waals surface area contributed by atoms with Gasteiger partial charge in [-0.3, -0.25) is 9.59 Å². The van der Waals surface area contributed by atoms with E-state index in [-0.39, 0.29) is 17.7 Å². The van der Waals surface area contributed by atoms with Crippen LogP contribution < -0.4 is 10.6 Å². The number of rotatable bonds is 10. The van der Waals surface area contributed by atoms with E-state index >= 15 is 0 Å². The Balaban J connectivity index is 1.71. The van der Waals surface area contributed by atoms with Crippen molar-refractivity contribution in [3.63, 3.8) is 0 Å². The van der Waals surface area contributed by atoms with Gasteiger partial charge < -0.3 is 10.6 Å². The summed E-state index contributed by atoms with van der Waals surface area (Å²) in [6, 6.07) is 7.77. The van der Waals surface area contributed by atoms with Crippen LogP contribution in [0.1, 0.15) is 76.7 Å². The Bertz CT molecular complexity index is 551. The molecule has 2 rings (SSSR count). The normalized spacial score (nSPS) is 14.4. The zero-order valence-corrected chi connectivity index (χ0v) is 15.5. The molecular formula is C21H32N2O2. The zero-order chi connectivity index (χ0) is 17.9. The van der Waals surface area contributed by atoms with Gasteiger partial charge >= 0.3 is 0 Å². The summed E-state index contributed by atoms with van der Waals surface area (Å²) in [6.45, 7) is 2.71. The summed E-state index contributed by atoms with van der Waals surface area (Å²) in [7, 11) is 0. The highest BCUT2D eigenvalue weighted by atomic mass is 16.2. The number of anilines is 1. The number of benzene rings is 1. The topological polar surface area (TPSA) is 58.2 Å². The summed E-state index contributed by atoms with van der Waals surface area (Å²) in [4.78, 5) is 24.1. The van der Waals surface area contributed by atoms with Crippen LogP contribution in [0.5, 0.6) is 0 Å². The van der Waals surface area contributed by atoms with Crippen LogP contribution in [-0.4, -0.2) is 11.8 Å². The third-order valence-corrected chi connectivity index (χ3v) is 4.92. The van der Waals surface area contributed by atoms with Crippen LogP contribution in [0.25, 0.3) is 0 Å². The van der Waals surface area contributed by atoms with E-state index in [1.807, 2.05) is 24.3 Å². The van der Waals surface area contributed by atoms with Crippen LogP contribution in [0.15, 0.2) is 24.3 Å². The van der Waals surface area contributed by atoms with E-state index in [2.05, 4.69) is 17.6 Å². The van der Waals surface area contributed by atoms with Gasteiger partial charge in [-0.2, -0.15) is 0 Å². The highest BCUT2D eigenvalue weighted by Gasteiger charge is 2.22. The first kappa shape index (κ1) is 19.5. The second kappa shape index (κ2) is 10.9. The predicted molar refractivity (Wildman–Crippen MR) is 102 cm³/mol. The van der Waals surface area contributed by atoms with Gasteiger partial charge in [-0.25, -0.2) is 0 Å². The van der Waals surface area contributed by atoms with Crippen molar-refractivity contribution in [3.8, 4) is 0 Å². The average molecular weight is 344 g/mol. The van der Waals surface area contributed by atoms with Crippen LogP contribution in [-0.2, 0) is 16.1 Å². The van der Waals surface area contributed by atoms with Gasteiger partial charge in [0.15, 0.2) is 0 Å². The number of amides is 2. The number of nitrogens with one attached hydrogen (secondary N) is 2. The molecule has 0 bridgehead atoms. The number of hydrogen-bond donors (Lipinski definition) is 2. The molecule has 0 heterocycles. The molecule has 4 nitrogen and oxygen atoms in total. The molecule has 1 saturated carbocycles. The fourth-order valence-electron chi connectivity index (χ4n) is 3.37. The molecule has 1 aromatic carbocycles. The van der Waals surface area contributed by atoms with Crippen molar-refractivity contribution in [2.45, 2.75) is 77.7 Å². The Morgan fingerprint density at radius 1 is 1.08 bits per heavy atom. The summed E-state index contributed by atoms with van der Waals surface area (Å²) < 4.78 is 0. The van der Waals surface area contributed by atoms with Crippen molar-refractivity contribution >= 4 is 17.5 Å². The summed E-state index contributed by atoms with van der Waals surface area (Å²) in [5.74, 6) is 0.402. The molecule has 0 saturated heterocycles. The van der Waals surface area contributed by atoms with Gasteiger partial charge in [0, 0.05) is 24.6 Å². The maximum atomic E-state index is 12.2. The largest absolute Gasteiger partial charge is 0.352 e. The number of carbonyl (C=O) groups excluding carboxylic acids is 2. The summed E-state index contributed by atoms with van der Waals surface area (Å²) >= 11 is 0. The fourth-order valence-corrected chi connectivity index (χ4v) is 3.37. The molecule has 1 aromatic rings. The Kier molecular flexibility index (Phi) is 8.50. The molecule has 0 spiro atoms. The van der Waals surface area contributed by atoms with Crippen LogP contribution >= 0.6 is 0 Å². The highest BCUT2D eigenvalue weighted by molar-refractivity contribution is 5.92. The van der Waals surface area contributed by atoms with Crippen molar-refractivity contribution in [2.24, 2.45) is 5.92 Å². The predicted octanol–water partition coefficient (Wildman–Crippen LogP) is 4.79. The lowest BCUT2D eigenvalue weighted by atomic mass is 10.1. The van der Waals surface area contributed by atoms with Crippen LogP contribution in [0.2, 0.25) is 0 Å². The van der Waals surface area contributed by atoms with E-state index in [4.69, 9.17) is 0 Å². The smallest absolute Gasteiger partial charge is 0.227 e. The molecule has 0 unspecified atom stereocenters. The minimum atomic E-state index is 0.108. The highest BCUT2D eigenvalue weighted by Crippen LogP contribution is 2.26. The van der Waals surface area contributed by atoms with Gasteiger partial charge in [0.2, 0.25) is 11.8 Å². The Morgan fingerprint density at radius 2 is 1.84 bits per heavy atom. The van der Waals surface area contributed by atoms with Gasteiger partial charge in [-0.15, -0.1) is 0 Å². The van der Waals surface area contributed by atoms with Gasteiger partial charge in [-0.1, -0.05) is 57.6 Å². The Hall–Kier alpha value is -1.84. The molecule has 0 aliphatic heterocycles. The SMILES string of the molecule is CCCCCCCC(=O)NCc1cccc(NC(=O)C2CCCC2)c1. The Labute approximate surface area is 151 Å². The molecule has 1 aliphatic rings. The molecule has 25 heavy (non-hydrogen) atoms. The van der Waals surface area contributed by atoms with Gasteiger partial charge in [0.1, 0.15) is 0 Å². The molecule has 1 fully saturated rings. The molecule has 0 radical (unpaired) electrons. The van der Waals surface area contributed by atoms with E-state index in [0.29, 0.717) is 13.0 Å². The number of hydrogen-bond acceptors (Lipinski definition) is 2. The molecule has 2 N–H and O–H groups in total. The maximum Gasteiger partial charge on any atom is 0.227 e. The average Bonchev–Trinajstić information content (AvgIpc) is 3.15. The van der Waals surface area contributed by atoms with Crippen molar-refractivity contribution in [1.29, 1.82) is 0 Å².